The molecule has 0 bridgehead atoms. The van der Waals surface area contributed by atoms with Crippen LogP contribution in [0.5, 0.6) is 0 Å². The fourth-order valence-electron chi connectivity index (χ4n) is 16.9. The SMILES string of the molecule is CC(C)Cn1c2c[c-]c(-c3ccccn3)cc2c2ccccc21.CC(C)Cn1c2ccccc2c2c[c-]c(-c3ccccn3)cc21.CC(C)Cn1c2ccccc2c2cc[c-]c(-c3ccccn3)c21.[CH2-]c1ccccc1-c1cc(C)c(-c2ccccc2)cn1.[CH2-]c1ccccc1-c1cc(C)c(-c2ccccc2)cn1.[CH2-]c1ccccc1-c1cc(C)c(-c2ccccc2)cn1.[Ir].[Ir].[Ir]. The third kappa shape index (κ3) is 22.4. The molecule has 0 unspecified atom stereocenters. The van der Waals surface area contributed by atoms with Crippen molar-refractivity contribution in [3.63, 3.8) is 0 Å². The molecule has 0 amide bonds. The van der Waals surface area contributed by atoms with Crippen LogP contribution < -0.4 is 0 Å². The maximum atomic E-state index is 4.61. The van der Waals surface area contributed by atoms with Crippen molar-refractivity contribution in [1.82, 2.24) is 43.6 Å². The van der Waals surface area contributed by atoms with Gasteiger partial charge >= 0.3 is 0 Å². The number of hydrogen-bond acceptors (Lipinski definition) is 6. The summed E-state index contributed by atoms with van der Waals surface area (Å²) in [7, 11) is 0. The largest absolute Gasteiger partial charge is 0.380 e. The van der Waals surface area contributed by atoms with Crippen LogP contribution in [0, 0.1) is 77.5 Å². The molecule has 0 aliphatic rings. The van der Waals surface area contributed by atoms with Crippen molar-refractivity contribution in [3.8, 4) is 101 Å². The van der Waals surface area contributed by atoms with Gasteiger partial charge in [-0.3, -0.25) is 15.0 Å². The van der Waals surface area contributed by atoms with Gasteiger partial charge in [0.2, 0.25) is 0 Å². The first-order valence-electron chi connectivity index (χ1n) is 44.3. The minimum absolute atomic E-state index is 0. The van der Waals surface area contributed by atoms with Gasteiger partial charge in [0.25, 0.3) is 0 Å². The van der Waals surface area contributed by atoms with Crippen molar-refractivity contribution in [2.75, 3.05) is 0 Å². The Labute approximate surface area is 818 Å². The van der Waals surface area contributed by atoms with Gasteiger partial charge in [-0.1, -0.05) is 258 Å². The van der Waals surface area contributed by atoms with E-state index in [2.05, 4.69) is 327 Å². The van der Waals surface area contributed by atoms with E-state index in [1.165, 1.54) is 115 Å². The predicted octanol–water partition coefficient (Wildman–Crippen LogP) is 30.6. The molecule has 3 radical (unpaired) electrons. The number of aryl methyl sites for hydroxylation is 3. The van der Waals surface area contributed by atoms with E-state index in [1.54, 1.807) is 0 Å². The molecule has 132 heavy (non-hydrogen) atoms. The Morgan fingerprint density at radius 3 is 0.992 bits per heavy atom. The van der Waals surface area contributed by atoms with Crippen LogP contribution >= 0.6 is 0 Å². The average molecular weight is 2250 g/mol. The summed E-state index contributed by atoms with van der Waals surface area (Å²) in [4.78, 5) is 27.3. The molecule has 0 saturated carbocycles. The molecule has 12 heteroatoms. The normalized spacial score (nSPS) is 10.8. The van der Waals surface area contributed by atoms with Crippen molar-refractivity contribution in [2.45, 2.75) is 81.9 Å². The van der Waals surface area contributed by atoms with Gasteiger partial charge in [0, 0.05) is 167 Å². The maximum absolute atomic E-state index is 4.61. The van der Waals surface area contributed by atoms with E-state index in [0.717, 1.165) is 104 Å². The van der Waals surface area contributed by atoms with Gasteiger partial charge in [0.1, 0.15) is 0 Å². The number of fused-ring (bicyclic) bond motifs is 9. The first kappa shape index (κ1) is 96.1. The minimum Gasteiger partial charge on any atom is -0.380 e. The Morgan fingerprint density at radius 1 is 0.265 bits per heavy atom. The third-order valence-electron chi connectivity index (χ3n) is 23.0. The average Bonchev–Trinajstić information content (AvgIpc) is 1.60. The van der Waals surface area contributed by atoms with Gasteiger partial charge in [0.05, 0.1) is 0 Å². The summed E-state index contributed by atoms with van der Waals surface area (Å²) in [5, 5.41) is 7.72. The van der Waals surface area contributed by atoms with Crippen LogP contribution in [0.3, 0.4) is 0 Å². The molecule has 0 fully saturated rings. The van der Waals surface area contributed by atoms with Crippen molar-refractivity contribution >= 4 is 65.4 Å². The molecule has 0 aliphatic heterocycles. The predicted molar refractivity (Wildman–Crippen MR) is 542 cm³/mol. The second-order valence-corrected chi connectivity index (χ2v) is 33.8. The number of benzene rings is 12. The Bertz CT molecular complexity index is 7050. The molecule has 21 aromatic rings. The summed E-state index contributed by atoms with van der Waals surface area (Å²) in [6.45, 7) is 35.1. The third-order valence-corrected chi connectivity index (χ3v) is 23.0. The quantitative estimate of drug-likeness (QED) is 0.0950. The second-order valence-electron chi connectivity index (χ2n) is 33.8. The fraction of sp³-hybridized carbons (Fsp3) is 0.125. The Hall–Kier alpha value is -13.5. The molecule has 9 nitrogen and oxygen atoms in total. The molecule has 0 saturated heterocycles. The molecule has 9 heterocycles. The molecular formula is C120H105Ir3N9-6. The molecular weight excluding hydrogens is 2140 g/mol. The Balaban J connectivity index is 0.000000134. The van der Waals surface area contributed by atoms with Crippen LogP contribution in [0.15, 0.2) is 383 Å². The molecule has 0 aliphatic carbocycles. The summed E-state index contributed by atoms with van der Waals surface area (Å²) in [6, 6.07) is 129. The fourth-order valence-corrected chi connectivity index (χ4v) is 16.9. The van der Waals surface area contributed by atoms with Crippen LogP contribution in [0.4, 0.5) is 0 Å². The molecule has 0 N–H and O–H groups in total. The monoisotopic (exact) mass is 2250 g/mol. The van der Waals surface area contributed by atoms with Crippen molar-refractivity contribution < 1.29 is 60.3 Å². The molecule has 21 rings (SSSR count). The topological polar surface area (TPSA) is 92.1 Å². The summed E-state index contributed by atoms with van der Waals surface area (Å²) in [5.41, 5.74) is 33.8. The zero-order chi connectivity index (χ0) is 89.3. The van der Waals surface area contributed by atoms with Crippen LogP contribution in [0.1, 0.15) is 74.9 Å². The van der Waals surface area contributed by atoms with Crippen LogP contribution in [0.2, 0.25) is 0 Å². The Morgan fingerprint density at radius 2 is 0.598 bits per heavy atom. The number of aromatic nitrogens is 9. The summed E-state index contributed by atoms with van der Waals surface area (Å²) >= 11 is 0. The molecule has 0 spiro atoms. The van der Waals surface area contributed by atoms with E-state index in [1.807, 2.05) is 201 Å². The number of hydrogen-bond donors (Lipinski definition) is 0. The number of rotatable bonds is 15. The van der Waals surface area contributed by atoms with Gasteiger partial charge in [-0.2, -0.15) is 55.7 Å². The van der Waals surface area contributed by atoms with Crippen LogP contribution in [-0.2, 0) is 80.0 Å². The van der Waals surface area contributed by atoms with Gasteiger partial charge in [-0.15, -0.1) is 124 Å². The summed E-state index contributed by atoms with van der Waals surface area (Å²) < 4.78 is 7.26. The molecule has 0 atom stereocenters. The van der Waals surface area contributed by atoms with Gasteiger partial charge in [-0.25, -0.2) is 0 Å². The maximum Gasteiger partial charge on any atom is 0.0391 e. The van der Waals surface area contributed by atoms with Crippen molar-refractivity contribution in [1.29, 1.82) is 0 Å². The van der Waals surface area contributed by atoms with E-state index >= 15 is 0 Å². The van der Waals surface area contributed by atoms with Crippen molar-refractivity contribution in [2.24, 2.45) is 17.8 Å². The van der Waals surface area contributed by atoms with E-state index in [0.29, 0.717) is 17.8 Å². The molecule has 12 aromatic carbocycles. The zero-order valence-electron chi connectivity index (χ0n) is 75.9. The van der Waals surface area contributed by atoms with Crippen molar-refractivity contribution in [3.05, 3.63) is 455 Å². The van der Waals surface area contributed by atoms with Crippen LogP contribution in [0.25, 0.3) is 166 Å². The Kier molecular flexibility index (Phi) is 33.0. The number of para-hydroxylation sites is 3. The second kappa shape index (κ2) is 45.4. The molecule has 663 valence electrons. The smallest absolute Gasteiger partial charge is 0.0391 e. The number of nitrogens with zero attached hydrogens (tertiary/aromatic N) is 9. The minimum atomic E-state index is 0. The van der Waals surface area contributed by atoms with E-state index in [4.69, 9.17) is 0 Å². The van der Waals surface area contributed by atoms with Gasteiger partial charge in [-0.05, 0) is 176 Å². The summed E-state index contributed by atoms with van der Waals surface area (Å²) in [6.07, 6.45) is 11.4. The van der Waals surface area contributed by atoms with E-state index < -0.39 is 0 Å². The molecule has 9 aromatic heterocycles. The first-order chi connectivity index (χ1) is 63.0. The van der Waals surface area contributed by atoms with Gasteiger partial charge in [0.15, 0.2) is 0 Å². The van der Waals surface area contributed by atoms with E-state index in [-0.39, 0.29) is 60.3 Å². The zero-order valence-corrected chi connectivity index (χ0v) is 83.1. The van der Waals surface area contributed by atoms with Crippen LogP contribution in [-0.4, -0.2) is 43.6 Å². The van der Waals surface area contributed by atoms with Gasteiger partial charge < -0.3 is 28.7 Å². The number of pyridine rings is 6. The first-order valence-corrected chi connectivity index (χ1v) is 44.3. The standard InChI is InChI=1S/3C21H19N2.3C19H16N.3Ir/c1-15(2)14-23-20-12-4-3-8-16(20)17-9-7-10-18(21(17)23)19-11-5-6-13-22-19;1-15(2)14-23-20-9-4-3-7-17(20)18-13-16(10-11-21(18)23)19-8-5-6-12-22-19;1-15(2)14-23-20-9-4-3-7-17(20)18-11-10-16(13-21(18)23)19-8-5-6-12-22-19;3*1-14-8-6-7-11-17(14)19-12-15(2)18(13-20-19)16-9-4-3-5-10-16;;;/h3*3-9,11-13,15H,14H2,1-2H3;3*3-13H,1H2,2H3;;;/q6*-1;;;. The summed E-state index contributed by atoms with van der Waals surface area (Å²) in [5.74, 6) is 1.77. The van der Waals surface area contributed by atoms with E-state index in [9.17, 15) is 0 Å².